The number of nitrogens with one attached hydrogen (secondary N) is 1. The lowest BCUT2D eigenvalue weighted by Gasteiger charge is -2.21. The van der Waals surface area contributed by atoms with Crippen molar-refractivity contribution in [2.45, 2.75) is 4.90 Å². The van der Waals surface area contributed by atoms with Crippen LogP contribution >= 0.6 is 0 Å². The van der Waals surface area contributed by atoms with Crippen molar-refractivity contribution in [3.63, 3.8) is 0 Å². The van der Waals surface area contributed by atoms with Crippen molar-refractivity contribution < 1.29 is 13.2 Å². The summed E-state index contributed by atoms with van der Waals surface area (Å²) < 4.78 is 26.8. The fourth-order valence-electron chi connectivity index (χ4n) is 2.98. The summed E-state index contributed by atoms with van der Waals surface area (Å²) in [5.74, 6) is -0.246. The molecule has 3 aromatic carbocycles. The molecule has 156 valence electrons. The topological polar surface area (TPSA) is 69.7 Å². The number of benzene rings is 3. The molecule has 1 amide bonds. The number of rotatable bonds is 8. The van der Waals surface area contributed by atoms with Crippen molar-refractivity contribution in [2.75, 3.05) is 36.4 Å². The lowest BCUT2D eigenvalue weighted by molar-refractivity contribution is 0.0954. The Hall–Kier alpha value is -3.32. The van der Waals surface area contributed by atoms with Gasteiger partial charge in [-0.25, -0.2) is 8.42 Å². The van der Waals surface area contributed by atoms with E-state index in [0.29, 0.717) is 24.3 Å². The van der Waals surface area contributed by atoms with Crippen molar-refractivity contribution in [1.82, 2.24) is 5.32 Å². The summed E-state index contributed by atoms with van der Waals surface area (Å²) in [6.45, 7) is 1.12. The highest BCUT2D eigenvalue weighted by Gasteiger charge is 2.21. The maximum atomic E-state index is 12.8. The van der Waals surface area contributed by atoms with Gasteiger partial charge in [0.25, 0.3) is 15.9 Å². The molecule has 0 bridgehead atoms. The standard InChI is InChI=1S/C23H25N3O3S/c1-25(20-11-5-3-6-12-20)17-16-24-23(27)19-10-9-13-21(18-19)26(2)30(28,29)22-14-7-4-8-15-22/h3-15,18H,16-17H2,1-2H3,(H,24,27). The molecule has 0 unspecified atom stereocenters. The Morgan fingerprint density at radius 1 is 0.833 bits per heavy atom. The Labute approximate surface area is 177 Å². The van der Waals surface area contributed by atoms with Crippen molar-refractivity contribution in [2.24, 2.45) is 0 Å². The zero-order valence-corrected chi connectivity index (χ0v) is 17.8. The molecule has 30 heavy (non-hydrogen) atoms. The van der Waals surface area contributed by atoms with Crippen LogP contribution in [0.1, 0.15) is 10.4 Å². The van der Waals surface area contributed by atoms with E-state index in [9.17, 15) is 13.2 Å². The monoisotopic (exact) mass is 423 g/mol. The van der Waals surface area contributed by atoms with E-state index in [1.54, 1.807) is 54.6 Å². The van der Waals surface area contributed by atoms with E-state index < -0.39 is 10.0 Å². The Kier molecular flexibility index (Phi) is 6.74. The fourth-order valence-corrected chi connectivity index (χ4v) is 4.19. The molecule has 0 spiro atoms. The van der Waals surface area contributed by atoms with Gasteiger partial charge in [-0.1, -0.05) is 42.5 Å². The predicted molar refractivity (Wildman–Crippen MR) is 121 cm³/mol. The number of carbonyl (C=O) groups excluding carboxylic acids is 1. The molecular weight excluding hydrogens is 398 g/mol. The normalized spacial score (nSPS) is 11.0. The highest BCUT2D eigenvalue weighted by atomic mass is 32.2. The van der Waals surface area contributed by atoms with Gasteiger partial charge in [0, 0.05) is 38.4 Å². The molecule has 0 saturated heterocycles. The molecule has 3 rings (SSSR count). The minimum absolute atomic E-state index is 0.200. The molecular formula is C23H25N3O3S. The van der Waals surface area contributed by atoms with Crippen LogP contribution in [0.5, 0.6) is 0 Å². The maximum Gasteiger partial charge on any atom is 0.264 e. The molecule has 7 heteroatoms. The van der Waals surface area contributed by atoms with E-state index in [0.717, 1.165) is 5.69 Å². The van der Waals surface area contributed by atoms with Crippen LogP contribution in [-0.4, -0.2) is 41.5 Å². The number of nitrogens with zero attached hydrogens (tertiary/aromatic N) is 2. The maximum absolute atomic E-state index is 12.8. The van der Waals surface area contributed by atoms with E-state index in [1.807, 2.05) is 37.4 Å². The zero-order chi connectivity index (χ0) is 21.6. The summed E-state index contributed by atoms with van der Waals surface area (Å²) in [7, 11) is -0.254. The Bertz CT molecular complexity index is 1090. The molecule has 0 aliphatic heterocycles. The van der Waals surface area contributed by atoms with Gasteiger partial charge >= 0.3 is 0 Å². The second-order valence-corrected chi connectivity index (χ2v) is 8.82. The van der Waals surface area contributed by atoms with E-state index in [-0.39, 0.29) is 10.8 Å². The van der Waals surface area contributed by atoms with Crippen LogP contribution in [0.3, 0.4) is 0 Å². The summed E-state index contributed by atoms with van der Waals surface area (Å²) in [6, 6.07) is 24.7. The van der Waals surface area contributed by atoms with Crippen LogP contribution in [0.15, 0.2) is 89.8 Å². The number of para-hydroxylation sites is 1. The first kappa shape index (κ1) is 21.4. The summed E-state index contributed by atoms with van der Waals surface area (Å²) in [5, 5.41) is 2.89. The van der Waals surface area contributed by atoms with Gasteiger partial charge < -0.3 is 10.2 Å². The third-order valence-electron chi connectivity index (χ3n) is 4.80. The minimum Gasteiger partial charge on any atom is -0.373 e. The van der Waals surface area contributed by atoms with Gasteiger partial charge in [-0.2, -0.15) is 0 Å². The van der Waals surface area contributed by atoms with E-state index in [2.05, 4.69) is 10.2 Å². The van der Waals surface area contributed by atoms with Gasteiger partial charge in [-0.05, 0) is 42.5 Å². The van der Waals surface area contributed by atoms with Crippen molar-refractivity contribution in [3.05, 3.63) is 90.5 Å². The van der Waals surface area contributed by atoms with E-state index in [1.165, 1.54) is 11.4 Å². The summed E-state index contributed by atoms with van der Waals surface area (Å²) in [6.07, 6.45) is 0. The fraction of sp³-hybridized carbons (Fsp3) is 0.174. The van der Waals surface area contributed by atoms with Gasteiger partial charge in [-0.3, -0.25) is 9.10 Å². The number of carbonyl (C=O) groups is 1. The summed E-state index contributed by atoms with van der Waals surface area (Å²) >= 11 is 0. The van der Waals surface area contributed by atoms with Crippen molar-refractivity contribution >= 4 is 27.3 Å². The average molecular weight is 424 g/mol. The minimum atomic E-state index is -3.70. The number of amides is 1. The molecule has 0 aliphatic rings. The van der Waals surface area contributed by atoms with Crippen LogP contribution in [0.2, 0.25) is 0 Å². The molecule has 0 aromatic heterocycles. The number of sulfonamides is 1. The van der Waals surface area contributed by atoms with Crippen LogP contribution in [0.4, 0.5) is 11.4 Å². The first-order valence-electron chi connectivity index (χ1n) is 9.58. The molecule has 0 atom stereocenters. The van der Waals surface area contributed by atoms with Crippen molar-refractivity contribution in [1.29, 1.82) is 0 Å². The van der Waals surface area contributed by atoms with Crippen LogP contribution in [-0.2, 0) is 10.0 Å². The highest BCUT2D eigenvalue weighted by Crippen LogP contribution is 2.22. The van der Waals surface area contributed by atoms with Gasteiger partial charge in [0.05, 0.1) is 10.6 Å². The molecule has 0 heterocycles. The van der Waals surface area contributed by atoms with Crippen LogP contribution in [0, 0.1) is 0 Å². The van der Waals surface area contributed by atoms with Crippen molar-refractivity contribution in [3.8, 4) is 0 Å². The predicted octanol–water partition coefficient (Wildman–Crippen LogP) is 3.38. The number of hydrogen-bond acceptors (Lipinski definition) is 4. The number of anilines is 2. The second kappa shape index (κ2) is 9.45. The van der Waals surface area contributed by atoms with Gasteiger partial charge in [0.15, 0.2) is 0 Å². The Morgan fingerprint density at radius 2 is 1.43 bits per heavy atom. The third kappa shape index (κ3) is 4.99. The van der Waals surface area contributed by atoms with Gasteiger partial charge in [-0.15, -0.1) is 0 Å². The number of likely N-dealkylation sites (N-methyl/N-ethyl adjacent to an activating group) is 1. The van der Waals surface area contributed by atoms with Crippen LogP contribution < -0.4 is 14.5 Å². The summed E-state index contributed by atoms with van der Waals surface area (Å²) in [5.41, 5.74) is 1.90. The Balaban J connectivity index is 1.65. The lowest BCUT2D eigenvalue weighted by atomic mass is 10.2. The van der Waals surface area contributed by atoms with Gasteiger partial charge in [0.2, 0.25) is 0 Å². The van der Waals surface area contributed by atoms with E-state index in [4.69, 9.17) is 0 Å². The molecule has 3 aromatic rings. The molecule has 0 aliphatic carbocycles. The quantitative estimate of drug-likeness (QED) is 0.603. The zero-order valence-electron chi connectivity index (χ0n) is 17.0. The molecule has 0 saturated carbocycles. The van der Waals surface area contributed by atoms with E-state index >= 15 is 0 Å². The van der Waals surface area contributed by atoms with Crippen LogP contribution in [0.25, 0.3) is 0 Å². The number of hydrogen-bond donors (Lipinski definition) is 1. The highest BCUT2D eigenvalue weighted by molar-refractivity contribution is 7.92. The smallest absolute Gasteiger partial charge is 0.264 e. The summed E-state index contributed by atoms with van der Waals surface area (Å²) in [4.78, 5) is 14.8. The SMILES string of the molecule is CN(CCNC(=O)c1cccc(N(C)S(=O)(=O)c2ccccc2)c1)c1ccccc1. The molecule has 1 N–H and O–H groups in total. The van der Waals surface area contributed by atoms with Gasteiger partial charge in [0.1, 0.15) is 0 Å². The third-order valence-corrected chi connectivity index (χ3v) is 6.60. The lowest BCUT2D eigenvalue weighted by Crippen LogP contribution is -2.33. The molecule has 0 fully saturated rings. The molecule has 6 nitrogen and oxygen atoms in total. The second-order valence-electron chi connectivity index (χ2n) is 6.85. The largest absolute Gasteiger partial charge is 0.373 e. The first-order chi connectivity index (χ1) is 14.4. The molecule has 0 radical (unpaired) electrons. The first-order valence-corrected chi connectivity index (χ1v) is 11.0. The average Bonchev–Trinajstić information content (AvgIpc) is 2.79. The Morgan fingerprint density at radius 3 is 2.10 bits per heavy atom.